The van der Waals surface area contributed by atoms with E-state index in [9.17, 15) is 4.79 Å². The number of rotatable bonds is 6. The minimum atomic E-state index is -0.0546. The van der Waals surface area contributed by atoms with Crippen LogP contribution in [-0.2, 0) is 7.05 Å². The molecule has 1 aliphatic rings. The van der Waals surface area contributed by atoms with Gasteiger partial charge in [0.15, 0.2) is 17.1 Å². The molecule has 8 nitrogen and oxygen atoms in total. The van der Waals surface area contributed by atoms with Crippen molar-refractivity contribution in [1.29, 1.82) is 0 Å². The molecule has 28 heavy (non-hydrogen) atoms. The van der Waals surface area contributed by atoms with E-state index in [-0.39, 0.29) is 18.5 Å². The van der Waals surface area contributed by atoms with Crippen molar-refractivity contribution in [2.24, 2.45) is 7.05 Å². The molecule has 148 valence electrons. The van der Waals surface area contributed by atoms with Crippen molar-refractivity contribution in [2.75, 3.05) is 12.1 Å². The molecule has 0 bridgehead atoms. The van der Waals surface area contributed by atoms with Crippen LogP contribution >= 0.6 is 0 Å². The maximum atomic E-state index is 12.8. The van der Waals surface area contributed by atoms with E-state index in [4.69, 9.17) is 9.47 Å². The summed E-state index contributed by atoms with van der Waals surface area (Å²) in [6.07, 6.45) is 4.52. The second-order valence-electron chi connectivity index (χ2n) is 7.11. The van der Waals surface area contributed by atoms with Gasteiger partial charge in [-0.2, -0.15) is 4.98 Å². The fourth-order valence-corrected chi connectivity index (χ4v) is 3.67. The highest BCUT2D eigenvalue weighted by atomic mass is 16.7. The molecular formula is C20H25N5O3. The van der Waals surface area contributed by atoms with Gasteiger partial charge in [0.25, 0.3) is 0 Å². The van der Waals surface area contributed by atoms with Crippen LogP contribution in [0, 0.1) is 6.92 Å². The van der Waals surface area contributed by atoms with Crippen LogP contribution in [0.4, 0.5) is 11.6 Å². The zero-order valence-corrected chi connectivity index (χ0v) is 16.7. The molecule has 0 fully saturated rings. The fourth-order valence-electron chi connectivity index (χ4n) is 3.67. The second kappa shape index (κ2) is 7.18. The molecule has 0 aliphatic carbocycles. The number of hydrogen-bond acceptors (Lipinski definition) is 6. The van der Waals surface area contributed by atoms with Gasteiger partial charge in [-0.25, -0.2) is 9.78 Å². The first-order valence-corrected chi connectivity index (χ1v) is 9.64. The molecule has 0 saturated carbocycles. The van der Waals surface area contributed by atoms with Crippen molar-refractivity contribution in [3.63, 3.8) is 0 Å². The molecule has 0 spiro atoms. The molecule has 4 rings (SSSR count). The summed E-state index contributed by atoms with van der Waals surface area (Å²) in [7, 11) is 1.76. The first-order chi connectivity index (χ1) is 13.5. The van der Waals surface area contributed by atoms with Crippen molar-refractivity contribution in [2.45, 2.75) is 46.1 Å². The minimum Gasteiger partial charge on any atom is -0.454 e. The number of nitrogens with zero attached hydrogens (tertiary/aromatic N) is 4. The maximum Gasteiger partial charge on any atom is 0.330 e. The molecule has 8 heteroatoms. The lowest BCUT2D eigenvalue weighted by Crippen LogP contribution is -2.26. The maximum absolute atomic E-state index is 12.8. The second-order valence-corrected chi connectivity index (χ2v) is 7.11. The Morgan fingerprint density at radius 2 is 2.00 bits per heavy atom. The van der Waals surface area contributed by atoms with Gasteiger partial charge < -0.3 is 14.8 Å². The zero-order chi connectivity index (χ0) is 19.8. The molecule has 1 aromatic carbocycles. The molecule has 1 unspecified atom stereocenters. The predicted molar refractivity (Wildman–Crippen MR) is 108 cm³/mol. The summed E-state index contributed by atoms with van der Waals surface area (Å²) in [6, 6.07) is 3.93. The molecule has 3 aromatic rings. The van der Waals surface area contributed by atoms with Crippen molar-refractivity contribution >= 4 is 22.8 Å². The van der Waals surface area contributed by atoms with E-state index in [0.29, 0.717) is 17.3 Å². The lowest BCUT2D eigenvalue weighted by molar-refractivity contribution is 0.174. The number of aryl methyl sites for hydroxylation is 2. The molecule has 0 radical (unpaired) electrons. The standard InChI is InChI=1S/C20H25N5O3/c1-5-7-13(6-2)25-18-15(24(4)20(25)26)10-21-19(23-18)22-14-9-17-16(8-12(14)3)27-11-28-17/h8-10,13H,5-7,11H2,1-4H3,(H,21,22,23). The first kappa shape index (κ1) is 18.3. The SMILES string of the molecule is CCCC(CC)n1c(=O)n(C)c2cnc(Nc3cc4c(cc3C)OCO4)nc21. The third-order valence-electron chi connectivity index (χ3n) is 5.26. The number of imidazole rings is 1. The number of nitrogens with one attached hydrogen (secondary N) is 1. The van der Waals surface area contributed by atoms with Crippen molar-refractivity contribution in [1.82, 2.24) is 19.1 Å². The Hall–Kier alpha value is -3.03. The third-order valence-corrected chi connectivity index (χ3v) is 5.26. The molecular weight excluding hydrogens is 358 g/mol. The predicted octanol–water partition coefficient (Wildman–Crippen LogP) is 3.66. The molecule has 3 heterocycles. The minimum absolute atomic E-state index is 0.0546. The van der Waals surface area contributed by atoms with Crippen molar-refractivity contribution in [3.8, 4) is 11.5 Å². The molecule has 0 saturated heterocycles. The monoisotopic (exact) mass is 383 g/mol. The number of anilines is 2. The molecule has 1 atom stereocenters. The fraction of sp³-hybridized carbons (Fsp3) is 0.450. The summed E-state index contributed by atoms with van der Waals surface area (Å²) in [4.78, 5) is 21.9. The smallest absolute Gasteiger partial charge is 0.330 e. The average molecular weight is 383 g/mol. The highest BCUT2D eigenvalue weighted by molar-refractivity contribution is 5.73. The van der Waals surface area contributed by atoms with Gasteiger partial charge in [0.05, 0.1) is 6.20 Å². The van der Waals surface area contributed by atoms with Gasteiger partial charge in [-0.3, -0.25) is 9.13 Å². The Morgan fingerprint density at radius 3 is 2.71 bits per heavy atom. The van der Waals surface area contributed by atoms with Gasteiger partial charge in [0, 0.05) is 24.8 Å². The summed E-state index contributed by atoms with van der Waals surface area (Å²) in [5.74, 6) is 1.88. The number of aromatic nitrogens is 4. The first-order valence-electron chi connectivity index (χ1n) is 9.64. The van der Waals surface area contributed by atoms with Gasteiger partial charge in [-0.15, -0.1) is 0 Å². The molecule has 2 aromatic heterocycles. The van der Waals surface area contributed by atoms with Gasteiger partial charge in [0.2, 0.25) is 12.7 Å². The Labute approximate surface area is 163 Å². The quantitative estimate of drug-likeness (QED) is 0.699. The van der Waals surface area contributed by atoms with Crippen LogP contribution in [0.1, 0.15) is 44.7 Å². The zero-order valence-electron chi connectivity index (χ0n) is 16.7. The Balaban J connectivity index is 1.76. The topological polar surface area (TPSA) is 83.2 Å². The van der Waals surface area contributed by atoms with E-state index in [0.717, 1.165) is 41.8 Å². The normalized spacial score (nSPS) is 13.9. The van der Waals surface area contributed by atoms with Crippen LogP contribution in [0.2, 0.25) is 0 Å². The van der Waals surface area contributed by atoms with Crippen LogP contribution in [0.3, 0.4) is 0 Å². The summed E-state index contributed by atoms with van der Waals surface area (Å²) >= 11 is 0. The molecule has 1 N–H and O–H groups in total. The van der Waals surface area contributed by atoms with Gasteiger partial charge in [-0.1, -0.05) is 20.3 Å². The summed E-state index contributed by atoms with van der Waals surface area (Å²) in [6.45, 7) is 6.44. The van der Waals surface area contributed by atoms with Crippen LogP contribution in [0.5, 0.6) is 11.5 Å². The summed E-state index contributed by atoms with van der Waals surface area (Å²) in [5, 5.41) is 3.26. The van der Waals surface area contributed by atoms with Gasteiger partial charge in [-0.05, 0) is 31.4 Å². The highest BCUT2D eigenvalue weighted by Crippen LogP contribution is 2.37. The number of fused-ring (bicyclic) bond motifs is 2. The summed E-state index contributed by atoms with van der Waals surface area (Å²) < 4.78 is 14.3. The van der Waals surface area contributed by atoms with E-state index in [1.54, 1.807) is 22.4 Å². The van der Waals surface area contributed by atoms with Gasteiger partial charge >= 0.3 is 5.69 Å². The van der Waals surface area contributed by atoms with E-state index in [1.165, 1.54) is 0 Å². The van der Waals surface area contributed by atoms with Crippen molar-refractivity contribution in [3.05, 3.63) is 34.4 Å². The van der Waals surface area contributed by atoms with Crippen LogP contribution < -0.4 is 20.5 Å². The molecule has 1 aliphatic heterocycles. The summed E-state index contributed by atoms with van der Waals surface area (Å²) in [5.41, 5.74) is 3.17. The Morgan fingerprint density at radius 1 is 1.25 bits per heavy atom. The van der Waals surface area contributed by atoms with Crippen LogP contribution in [0.25, 0.3) is 11.2 Å². The van der Waals surface area contributed by atoms with E-state index >= 15 is 0 Å². The Kier molecular flexibility index (Phi) is 4.70. The number of ether oxygens (including phenoxy) is 2. The molecule has 0 amide bonds. The largest absolute Gasteiger partial charge is 0.454 e. The lowest BCUT2D eigenvalue weighted by atomic mass is 10.1. The van der Waals surface area contributed by atoms with E-state index in [1.807, 2.05) is 19.1 Å². The van der Waals surface area contributed by atoms with Crippen molar-refractivity contribution < 1.29 is 9.47 Å². The lowest BCUT2D eigenvalue weighted by Gasteiger charge is -2.15. The highest BCUT2D eigenvalue weighted by Gasteiger charge is 2.20. The van der Waals surface area contributed by atoms with Crippen LogP contribution in [-0.4, -0.2) is 25.9 Å². The van der Waals surface area contributed by atoms with E-state index < -0.39 is 0 Å². The Bertz CT molecular complexity index is 1090. The van der Waals surface area contributed by atoms with E-state index in [2.05, 4.69) is 29.1 Å². The third kappa shape index (κ3) is 2.98. The average Bonchev–Trinajstić information content (AvgIpc) is 3.23. The van der Waals surface area contributed by atoms with Crippen LogP contribution in [0.15, 0.2) is 23.1 Å². The van der Waals surface area contributed by atoms with Gasteiger partial charge in [0.1, 0.15) is 5.52 Å². The number of hydrogen-bond donors (Lipinski definition) is 1. The number of benzene rings is 1.